The standard InChI is InChI=1S/C25H29N3O4S/c1-31-21-11-9-17(13-22(21)32-2)20(14-23(29)30)25-28-19(15-33-25)7-3-6-18-10-8-16-5-4-12-26-24(16)27-18/h8-11,13,15,20H,3-7,12,14H2,1-2H3,(H,26,27)(H,29,30)/t20-/m1/s1. The first-order valence-corrected chi connectivity index (χ1v) is 12.1. The molecule has 0 amide bonds. The first-order chi connectivity index (χ1) is 16.1. The van der Waals surface area contributed by atoms with Crippen LogP contribution in [0.3, 0.4) is 0 Å². The van der Waals surface area contributed by atoms with Gasteiger partial charge in [0.1, 0.15) is 10.8 Å². The molecule has 0 bridgehead atoms. The van der Waals surface area contributed by atoms with E-state index in [2.05, 4.69) is 17.4 Å². The average molecular weight is 468 g/mol. The number of benzene rings is 1. The van der Waals surface area contributed by atoms with Crippen molar-refractivity contribution < 1.29 is 19.4 Å². The van der Waals surface area contributed by atoms with Crippen LogP contribution in [0.15, 0.2) is 35.7 Å². The summed E-state index contributed by atoms with van der Waals surface area (Å²) in [6, 6.07) is 9.83. The number of aliphatic carboxylic acids is 1. The van der Waals surface area contributed by atoms with Crippen LogP contribution in [-0.2, 0) is 24.1 Å². The zero-order valence-electron chi connectivity index (χ0n) is 19.0. The molecular weight excluding hydrogens is 438 g/mol. The minimum Gasteiger partial charge on any atom is -0.493 e. The van der Waals surface area contributed by atoms with Gasteiger partial charge in [-0.1, -0.05) is 12.1 Å². The summed E-state index contributed by atoms with van der Waals surface area (Å²) in [5.41, 5.74) is 4.23. The molecule has 7 nitrogen and oxygen atoms in total. The Balaban J connectivity index is 1.44. The van der Waals surface area contributed by atoms with E-state index in [1.807, 2.05) is 17.5 Å². The summed E-state index contributed by atoms with van der Waals surface area (Å²) in [4.78, 5) is 21.1. The summed E-state index contributed by atoms with van der Waals surface area (Å²) in [7, 11) is 3.15. The molecule has 2 N–H and O–H groups in total. The van der Waals surface area contributed by atoms with E-state index < -0.39 is 5.97 Å². The lowest BCUT2D eigenvalue weighted by atomic mass is 9.96. The molecule has 0 saturated heterocycles. The molecule has 3 aromatic rings. The monoisotopic (exact) mass is 467 g/mol. The fourth-order valence-corrected chi connectivity index (χ4v) is 5.13. The number of hydrogen-bond acceptors (Lipinski definition) is 7. The maximum Gasteiger partial charge on any atom is 0.304 e. The fraction of sp³-hybridized carbons (Fsp3) is 0.400. The maximum absolute atomic E-state index is 11.6. The van der Waals surface area contributed by atoms with Crippen LogP contribution in [0.5, 0.6) is 11.5 Å². The first kappa shape index (κ1) is 23.0. The van der Waals surface area contributed by atoms with Gasteiger partial charge in [0, 0.05) is 23.5 Å². The van der Waals surface area contributed by atoms with Crippen LogP contribution < -0.4 is 14.8 Å². The van der Waals surface area contributed by atoms with Gasteiger partial charge in [-0.15, -0.1) is 11.3 Å². The summed E-state index contributed by atoms with van der Waals surface area (Å²) in [5.74, 6) is 1.02. The van der Waals surface area contributed by atoms with Gasteiger partial charge in [-0.05, 0) is 61.4 Å². The van der Waals surface area contributed by atoms with Gasteiger partial charge >= 0.3 is 5.97 Å². The lowest BCUT2D eigenvalue weighted by molar-refractivity contribution is -0.137. The molecule has 0 aliphatic carbocycles. The highest BCUT2D eigenvalue weighted by atomic mass is 32.1. The number of ether oxygens (including phenoxy) is 2. The van der Waals surface area contributed by atoms with Gasteiger partial charge in [0.05, 0.1) is 26.3 Å². The Hall–Kier alpha value is -3.13. The number of anilines is 1. The van der Waals surface area contributed by atoms with Crippen LogP contribution in [0.4, 0.5) is 5.82 Å². The van der Waals surface area contributed by atoms with Crippen molar-refractivity contribution in [2.45, 2.75) is 44.4 Å². The van der Waals surface area contributed by atoms with Gasteiger partial charge in [-0.3, -0.25) is 4.79 Å². The Bertz CT molecular complexity index is 1110. The summed E-state index contributed by atoms with van der Waals surface area (Å²) in [6.07, 6.45) is 4.87. The van der Waals surface area contributed by atoms with E-state index >= 15 is 0 Å². The number of aromatic nitrogens is 2. The second-order valence-electron chi connectivity index (χ2n) is 8.14. The van der Waals surface area contributed by atoms with Crippen LogP contribution in [-0.4, -0.2) is 41.8 Å². The quantitative estimate of drug-likeness (QED) is 0.446. The predicted octanol–water partition coefficient (Wildman–Crippen LogP) is 4.70. The Morgan fingerprint density at radius 2 is 1.94 bits per heavy atom. The normalized spacial score (nSPS) is 13.6. The highest BCUT2D eigenvalue weighted by Gasteiger charge is 2.23. The van der Waals surface area contributed by atoms with Gasteiger partial charge in [0.25, 0.3) is 0 Å². The van der Waals surface area contributed by atoms with Crippen LogP contribution in [0.1, 0.15) is 52.7 Å². The molecule has 174 valence electrons. The molecule has 4 rings (SSSR count). The Labute approximate surface area is 197 Å². The number of carboxylic acid groups (broad SMARTS) is 1. The highest BCUT2D eigenvalue weighted by Crippen LogP contribution is 2.36. The number of carbonyl (C=O) groups is 1. The number of methoxy groups -OCH3 is 2. The number of carboxylic acids is 1. The van der Waals surface area contributed by atoms with Crippen LogP contribution in [0.25, 0.3) is 0 Å². The number of nitrogens with zero attached hydrogens (tertiary/aromatic N) is 2. The average Bonchev–Trinajstić information content (AvgIpc) is 3.30. The minimum atomic E-state index is -0.862. The number of thiazole rings is 1. The molecule has 1 aliphatic rings. The number of aryl methyl sites for hydroxylation is 3. The number of nitrogens with one attached hydrogen (secondary N) is 1. The first-order valence-electron chi connectivity index (χ1n) is 11.2. The van der Waals surface area contributed by atoms with Crippen LogP contribution in [0.2, 0.25) is 0 Å². The molecule has 0 fully saturated rings. The Morgan fingerprint density at radius 1 is 1.12 bits per heavy atom. The zero-order valence-corrected chi connectivity index (χ0v) is 19.8. The predicted molar refractivity (Wildman–Crippen MR) is 129 cm³/mol. The summed E-state index contributed by atoms with van der Waals surface area (Å²) < 4.78 is 10.7. The Kier molecular flexibility index (Phi) is 7.44. The lowest BCUT2D eigenvalue weighted by Crippen LogP contribution is -2.14. The third-order valence-corrected chi connectivity index (χ3v) is 6.88. The van der Waals surface area contributed by atoms with Crippen LogP contribution in [0, 0.1) is 0 Å². The molecular formula is C25H29N3O4S. The van der Waals surface area contributed by atoms with E-state index in [4.69, 9.17) is 19.4 Å². The molecule has 1 aliphatic heterocycles. The van der Waals surface area contributed by atoms with Crippen molar-refractivity contribution >= 4 is 23.1 Å². The van der Waals surface area contributed by atoms with Crippen molar-refractivity contribution in [3.8, 4) is 11.5 Å². The van der Waals surface area contributed by atoms with E-state index in [0.29, 0.717) is 11.5 Å². The molecule has 33 heavy (non-hydrogen) atoms. The summed E-state index contributed by atoms with van der Waals surface area (Å²) in [5, 5.41) is 15.7. The lowest BCUT2D eigenvalue weighted by Gasteiger charge is -2.17. The summed E-state index contributed by atoms with van der Waals surface area (Å²) >= 11 is 1.51. The molecule has 2 aromatic heterocycles. The number of hydrogen-bond donors (Lipinski definition) is 2. The molecule has 3 heterocycles. The molecule has 1 atom stereocenters. The van der Waals surface area contributed by atoms with Crippen molar-refractivity contribution in [3.63, 3.8) is 0 Å². The summed E-state index contributed by atoms with van der Waals surface area (Å²) in [6.45, 7) is 0.989. The van der Waals surface area contributed by atoms with Crippen molar-refractivity contribution in [3.05, 3.63) is 63.2 Å². The largest absolute Gasteiger partial charge is 0.493 e. The third-order valence-electron chi connectivity index (χ3n) is 5.87. The van der Waals surface area contributed by atoms with Gasteiger partial charge in [0.2, 0.25) is 0 Å². The highest BCUT2D eigenvalue weighted by molar-refractivity contribution is 7.09. The second kappa shape index (κ2) is 10.7. The van der Waals surface area contributed by atoms with Crippen molar-refractivity contribution in [1.82, 2.24) is 9.97 Å². The van der Waals surface area contributed by atoms with E-state index in [-0.39, 0.29) is 12.3 Å². The number of pyridine rings is 1. The molecule has 0 spiro atoms. The smallest absolute Gasteiger partial charge is 0.304 e. The molecule has 1 aromatic carbocycles. The van der Waals surface area contributed by atoms with Crippen molar-refractivity contribution in [1.29, 1.82) is 0 Å². The van der Waals surface area contributed by atoms with E-state index in [1.54, 1.807) is 20.3 Å². The molecule has 0 unspecified atom stereocenters. The molecule has 0 saturated carbocycles. The third kappa shape index (κ3) is 5.63. The topological polar surface area (TPSA) is 93.6 Å². The fourth-order valence-electron chi connectivity index (χ4n) is 4.15. The van der Waals surface area contributed by atoms with Crippen molar-refractivity contribution in [2.75, 3.05) is 26.1 Å². The number of rotatable bonds is 10. The van der Waals surface area contributed by atoms with Crippen molar-refractivity contribution in [2.24, 2.45) is 0 Å². The van der Waals surface area contributed by atoms with Gasteiger partial charge in [0.15, 0.2) is 11.5 Å². The van der Waals surface area contributed by atoms with Crippen LogP contribution >= 0.6 is 11.3 Å². The maximum atomic E-state index is 11.6. The van der Waals surface area contributed by atoms with Gasteiger partial charge in [-0.2, -0.15) is 0 Å². The Morgan fingerprint density at radius 3 is 2.73 bits per heavy atom. The van der Waals surface area contributed by atoms with E-state index in [9.17, 15) is 9.90 Å². The van der Waals surface area contributed by atoms with Gasteiger partial charge < -0.3 is 19.9 Å². The molecule has 0 radical (unpaired) electrons. The minimum absolute atomic E-state index is 0.0333. The SMILES string of the molecule is COc1ccc([C@@H](CC(=O)O)c2nc(CCCc3ccc4c(n3)NCCC4)cs2)cc1OC. The molecule has 8 heteroatoms. The zero-order chi connectivity index (χ0) is 23.2. The second-order valence-corrected chi connectivity index (χ2v) is 9.03. The van der Waals surface area contributed by atoms with Gasteiger partial charge in [-0.25, -0.2) is 9.97 Å². The van der Waals surface area contributed by atoms with E-state index in [0.717, 1.165) is 66.4 Å². The number of fused-ring (bicyclic) bond motifs is 1. The van der Waals surface area contributed by atoms with E-state index in [1.165, 1.54) is 16.9 Å².